The van der Waals surface area contributed by atoms with Crippen LogP contribution in [0.15, 0.2) is 64.7 Å². The van der Waals surface area contributed by atoms with Gasteiger partial charge in [0.05, 0.1) is 11.1 Å². The second kappa shape index (κ2) is 6.26. The maximum Gasteiger partial charge on any atom is 0.276 e. The van der Waals surface area contributed by atoms with Crippen molar-refractivity contribution in [3.63, 3.8) is 0 Å². The van der Waals surface area contributed by atoms with E-state index in [1.807, 2.05) is 18.3 Å². The number of H-pyrrole nitrogens is 1. The minimum atomic E-state index is -3.64. The first-order valence-corrected chi connectivity index (χ1v) is 8.79. The highest BCUT2D eigenvalue weighted by Gasteiger charge is 2.11. The summed E-state index contributed by atoms with van der Waals surface area (Å²) >= 11 is 0. The minimum Gasteiger partial charge on any atom is -0.360 e. The number of aromatic nitrogens is 1. The number of nitrogens with zero attached hydrogens (tertiary/aromatic N) is 1. The van der Waals surface area contributed by atoms with Crippen LogP contribution in [0, 0.1) is 0 Å². The molecule has 0 aliphatic carbocycles. The molecule has 1 heterocycles. The molecule has 0 saturated carbocycles. The average Bonchev–Trinajstić information content (AvgIpc) is 2.99. The fraction of sp³-hybridized carbons (Fsp3) is 0.118. The van der Waals surface area contributed by atoms with Gasteiger partial charge in [-0.1, -0.05) is 43.3 Å². The summed E-state index contributed by atoms with van der Waals surface area (Å²) in [6, 6.07) is 14.2. The Kier molecular flexibility index (Phi) is 4.16. The van der Waals surface area contributed by atoms with E-state index in [-0.39, 0.29) is 4.90 Å². The van der Waals surface area contributed by atoms with Gasteiger partial charge in [0.1, 0.15) is 0 Å². The summed E-state index contributed by atoms with van der Waals surface area (Å²) in [5.74, 6) is 0. The van der Waals surface area contributed by atoms with E-state index in [1.165, 1.54) is 23.9 Å². The van der Waals surface area contributed by atoms with Crippen LogP contribution in [0.3, 0.4) is 0 Å². The lowest BCUT2D eigenvalue weighted by Crippen LogP contribution is -2.18. The molecule has 0 saturated heterocycles. The van der Waals surface area contributed by atoms with Gasteiger partial charge in [-0.05, 0) is 24.1 Å². The van der Waals surface area contributed by atoms with Crippen LogP contribution in [0.2, 0.25) is 0 Å². The number of hydrazone groups is 1. The quantitative estimate of drug-likeness (QED) is 0.558. The van der Waals surface area contributed by atoms with Crippen molar-refractivity contribution in [1.29, 1.82) is 0 Å². The summed E-state index contributed by atoms with van der Waals surface area (Å²) in [6.45, 7) is 2.09. The zero-order valence-electron chi connectivity index (χ0n) is 12.7. The monoisotopic (exact) mass is 327 g/mol. The molecule has 3 rings (SSSR count). The van der Waals surface area contributed by atoms with Gasteiger partial charge in [0.25, 0.3) is 10.0 Å². The lowest BCUT2D eigenvalue weighted by atomic mass is 10.1. The lowest BCUT2D eigenvalue weighted by Gasteiger charge is -2.02. The van der Waals surface area contributed by atoms with Crippen LogP contribution < -0.4 is 4.83 Å². The van der Waals surface area contributed by atoms with E-state index in [4.69, 9.17) is 0 Å². The molecule has 0 unspecified atom stereocenters. The number of fused-ring (bicyclic) bond motifs is 1. The highest BCUT2D eigenvalue weighted by Crippen LogP contribution is 2.21. The smallest absolute Gasteiger partial charge is 0.276 e. The topological polar surface area (TPSA) is 74.3 Å². The number of aromatic amines is 1. The molecule has 0 aliphatic rings. The molecule has 2 N–H and O–H groups in total. The molecule has 0 atom stereocenters. The molecule has 0 amide bonds. The third kappa shape index (κ3) is 3.12. The molecular weight excluding hydrogens is 310 g/mol. The van der Waals surface area contributed by atoms with Crippen LogP contribution in [0.4, 0.5) is 0 Å². The van der Waals surface area contributed by atoms with Crippen LogP contribution in [-0.4, -0.2) is 19.6 Å². The van der Waals surface area contributed by atoms with Crippen molar-refractivity contribution in [2.24, 2.45) is 5.10 Å². The van der Waals surface area contributed by atoms with Crippen LogP contribution in [0.1, 0.15) is 18.1 Å². The molecule has 118 valence electrons. The van der Waals surface area contributed by atoms with Gasteiger partial charge in [0.2, 0.25) is 0 Å². The molecule has 0 radical (unpaired) electrons. The molecule has 0 fully saturated rings. The van der Waals surface area contributed by atoms with E-state index in [1.54, 1.807) is 18.2 Å². The Balaban J connectivity index is 1.84. The highest BCUT2D eigenvalue weighted by atomic mass is 32.2. The standard InChI is InChI=1S/C17H17N3O2S/c1-2-13-7-6-10-16-14(11-18-17(13)16)12-19-20-23(21,22)15-8-4-3-5-9-15/h3-12,18,20H,2H2,1H3. The Morgan fingerprint density at radius 1 is 1.13 bits per heavy atom. The predicted octanol–water partition coefficient (Wildman–Crippen LogP) is 3.04. The van der Waals surface area contributed by atoms with Crippen molar-refractivity contribution in [2.75, 3.05) is 0 Å². The summed E-state index contributed by atoms with van der Waals surface area (Å²) in [7, 11) is -3.64. The number of rotatable bonds is 5. The van der Waals surface area contributed by atoms with Crippen molar-refractivity contribution in [3.05, 3.63) is 65.9 Å². The van der Waals surface area contributed by atoms with Gasteiger partial charge in [0, 0.05) is 22.7 Å². The Hall–Kier alpha value is -2.60. The molecule has 1 aromatic heterocycles. The molecular formula is C17H17N3O2S. The fourth-order valence-electron chi connectivity index (χ4n) is 2.46. The van der Waals surface area contributed by atoms with Crippen molar-refractivity contribution in [2.45, 2.75) is 18.2 Å². The Labute approximate surface area is 135 Å². The largest absolute Gasteiger partial charge is 0.360 e. The van der Waals surface area contributed by atoms with E-state index in [0.717, 1.165) is 22.9 Å². The molecule has 5 nitrogen and oxygen atoms in total. The molecule has 0 aliphatic heterocycles. The number of hydrogen-bond acceptors (Lipinski definition) is 3. The summed E-state index contributed by atoms with van der Waals surface area (Å²) in [6.07, 6.45) is 4.26. The fourth-order valence-corrected chi connectivity index (χ4v) is 3.27. The second-order valence-corrected chi connectivity index (χ2v) is 6.76. The lowest BCUT2D eigenvalue weighted by molar-refractivity contribution is 0.584. The second-order valence-electron chi connectivity index (χ2n) is 5.10. The third-order valence-corrected chi connectivity index (χ3v) is 4.88. The van der Waals surface area contributed by atoms with Gasteiger partial charge < -0.3 is 4.98 Å². The van der Waals surface area contributed by atoms with Crippen LogP contribution in [0.5, 0.6) is 0 Å². The SMILES string of the molecule is CCc1cccc2c(C=NNS(=O)(=O)c3ccccc3)c[nH]c12. The van der Waals surface area contributed by atoms with Gasteiger partial charge in [-0.25, -0.2) is 4.83 Å². The van der Waals surface area contributed by atoms with E-state index in [9.17, 15) is 8.42 Å². The average molecular weight is 327 g/mol. The number of hydrogen-bond donors (Lipinski definition) is 2. The molecule has 0 bridgehead atoms. The number of benzene rings is 2. The van der Waals surface area contributed by atoms with Crippen molar-refractivity contribution in [3.8, 4) is 0 Å². The van der Waals surface area contributed by atoms with Crippen molar-refractivity contribution in [1.82, 2.24) is 9.82 Å². The number of para-hydroxylation sites is 1. The van der Waals surface area contributed by atoms with Crippen LogP contribution in [-0.2, 0) is 16.4 Å². The van der Waals surface area contributed by atoms with Crippen LogP contribution >= 0.6 is 0 Å². The summed E-state index contributed by atoms with van der Waals surface area (Å²) in [4.78, 5) is 5.64. The first-order valence-electron chi connectivity index (χ1n) is 7.30. The number of sulfonamides is 1. The van der Waals surface area contributed by atoms with Crippen molar-refractivity contribution >= 4 is 27.1 Å². The highest BCUT2D eigenvalue weighted by molar-refractivity contribution is 7.89. The van der Waals surface area contributed by atoms with E-state index in [0.29, 0.717) is 0 Å². The zero-order valence-corrected chi connectivity index (χ0v) is 13.5. The van der Waals surface area contributed by atoms with E-state index < -0.39 is 10.0 Å². The minimum absolute atomic E-state index is 0.185. The molecule has 2 aromatic carbocycles. The van der Waals surface area contributed by atoms with Gasteiger partial charge in [-0.2, -0.15) is 13.5 Å². The van der Waals surface area contributed by atoms with Gasteiger partial charge in [0.15, 0.2) is 0 Å². The first kappa shape index (κ1) is 15.3. The maximum atomic E-state index is 12.1. The third-order valence-electron chi connectivity index (χ3n) is 3.64. The molecule has 3 aromatic rings. The normalized spacial score (nSPS) is 12.0. The number of nitrogens with one attached hydrogen (secondary N) is 2. The summed E-state index contributed by atoms with van der Waals surface area (Å²) in [5, 5.41) is 4.90. The van der Waals surface area contributed by atoms with Gasteiger partial charge in [-0.3, -0.25) is 0 Å². The van der Waals surface area contributed by atoms with Gasteiger partial charge in [-0.15, -0.1) is 0 Å². The molecule has 0 spiro atoms. The van der Waals surface area contributed by atoms with Gasteiger partial charge >= 0.3 is 0 Å². The Bertz CT molecular complexity index is 944. The Morgan fingerprint density at radius 3 is 2.65 bits per heavy atom. The van der Waals surface area contributed by atoms with Crippen molar-refractivity contribution < 1.29 is 8.42 Å². The van der Waals surface area contributed by atoms with Crippen LogP contribution in [0.25, 0.3) is 10.9 Å². The predicted molar refractivity (Wildman–Crippen MR) is 92.0 cm³/mol. The maximum absolute atomic E-state index is 12.1. The Morgan fingerprint density at radius 2 is 1.91 bits per heavy atom. The summed E-state index contributed by atoms with van der Waals surface area (Å²) in [5.41, 5.74) is 3.11. The number of aryl methyl sites for hydroxylation is 1. The molecule has 23 heavy (non-hydrogen) atoms. The van der Waals surface area contributed by atoms with E-state index in [2.05, 4.69) is 27.9 Å². The molecule has 6 heteroatoms. The summed E-state index contributed by atoms with van der Waals surface area (Å²) < 4.78 is 24.2. The first-order chi connectivity index (χ1) is 11.1. The van der Waals surface area contributed by atoms with E-state index >= 15 is 0 Å². The zero-order chi connectivity index (χ0) is 16.3.